The van der Waals surface area contributed by atoms with Crippen LogP contribution in [0.25, 0.3) is 39.3 Å². The highest BCUT2D eigenvalue weighted by molar-refractivity contribution is 6.30. The molecular formula is C28H21ClN2O2. The lowest BCUT2D eigenvalue weighted by molar-refractivity contribution is 0.475. The number of aromatic nitrogens is 2. The molecule has 0 atom stereocenters. The number of phenolic OH excluding ortho intramolecular Hbond substituents is 2. The van der Waals surface area contributed by atoms with E-state index in [1.165, 1.54) is 0 Å². The van der Waals surface area contributed by atoms with Crippen LogP contribution in [0.1, 0.15) is 5.56 Å². The average molecular weight is 453 g/mol. The van der Waals surface area contributed by atoms with E-state index in [1.54, 1.807) is 24.3 Å². The third-order valence-corrected chi connectivity index (χ3v) is 5.85. The minimum atomic E-state index is 0.201. The van der Waals surface area contributed by atoms with Gasteiger partial charge in [0, 0.05) is 21.7 Å². The fourth-order valence-electron chi connectivity index (χ4n) is 4.03. The fourth-order valence-corrected chi connectivity index (χ4v) is 4.26. The van der Waals surface area contributed by atoms with Gasteiger partial charge in [-0.2, -0.15) is 5.10 Å². The highest BCUT2D eigenvalue weighted by Gasteiger charge is 2.23. The van der Waals surface area contributed by atoms with Crippen LogP contribution in [0.3, 0.4) is 0 Å². The number of nitrogens with zero attached hydrogens (tertiary/aromatic N) is 2. The number of aryl methyl sites for hydroxylation is 1. The summed E-state index contributed by atoms with van der Waals surface area (Å²) in [6.07, 6.45) is 0. The van der Waals surface area contributed by atoms with Crippen LogP contribution in [0.5, 0.6) is 11.5 Å². The van der Waals surface area contributed by atoms with Crippen LogP contribution in [0.4, 0.5) is 0 Å². The molecule has 5 aromatic rings. The van der Waals surface area contributed by atoms with Gasteiger partial charge in [0.25, 0.3) is 0 Å². The molecule has 0 saturated carbocycles. The summed E-state index contributed by atoms with van der Waals surface area (Å²) >= 11 is 6.24. The van der Waals surface area contributed by atoms with Gasteiger partial charge in [-0.1, -0.05) is 41.9 Å². The quantitative estimate of drug-likeness (QED) is 0.302. The Hall–Kier alpha value is -4.02. The normalized spacial score (nSPS) is 11.0. The van der Waals surface area contributed by atoms with Crippen LogP contribution >= 0.6 is 11.6 Å². The van der Waals surface area contributed by atoms with Crippen LogP contribution < -0.4 is 0 Å². The van der Waals surface area contributed by atoms with Crippen molar-refractivity contribution in [2.24, 2.45) is 0 Å². The van der Waals surface area contributed by atoms with E-state index >= 15 is 0 Å². The first-order valence-corrected chi connectivity index (χ1v) is 10.9. The topological polar surface area (TPSA) is 58.3 Å². The molecule has 0 unspecified atom stereocenters. The standard InChI is InChI=1S/C28H21ClN2O2/c1-18-17-22(29)11-16-25(18)31-28(21-9-14-24(33)15-10-21)26(19-5-3-2-4-6-19)27(30-31)20-7-12-23(32)13-8-20/h2-17,32-33H,1H3. The van der Waals surface area contributed by atoms with E-state index in [9.17, 15) is 10.2 Å². The lowest BCUT2D eigenvalue weighted by Crippen LogP contribution is -2.02. The number of rotatable bonds is 4. The molecule has 33 heavy (non-hydrogen) atoms. The first-order valence-electron chi connectivity index (χ1n) is 10.5. The van der Waals surface area contributed by atoms with Crippen LogP contribution in [-0.2, 0) is 0 Å². The number of hydrogen-bond acceptors (Lipinski definition) is 3. The zero-order chi connectivity index (χ0) is 22.9. The van der Waals surface area contributed by atoms with E-state index < -0.39 is 0 Å². The van der Waals surface area contributed by atoms with Gasteiger partial charge in [-0.25, -0.2) is 4.68 Å². The highest BCUT2D eigenvalue weighted by Crippen LogP contribution is 2.42. The predicted molar refractivity (Wildman–Crippen MR) is 133 cm³/mol. The summed E-state index contributed by atoms with van der Waals surface area (Å²) in [5.41, 5.74) is 7.36. The second kappa shape index (κ2) is 8.49. The molecule has 0 saturated heterocycles. The number of phenols is 2. The number of aromatic hydroxyl groups is 2. The minimum Gasteiger partial charge on any atom is -0.508 e. The number of halogens is 1. The van der Waals surface area contributed by atoms with Gasteiger partial charge in [0.2, 0.25) is 0 Å². The Morgan fingerprint density at radius 1 is 0.697 bits per heavy atom. The van der Waals surface area contributed by atoms with Crippen LogP contribution in [-0.4, -0.2) is 20.0 Å². The van der Waals surface area contributed by atoms with Crippen molar-refractivity contribution in [1.82, 2.24) is 9.78 Å². The van der Waals surface area contributed by atoms with Crippen molar-refractivity contribution in [2.45, 2.75) is 6.92 Å². The van der Waals surface area contributed by atoms with Crippen molar-refractivity contribution in [3.63, 3.8) is 0 Å². The van der Waals surface area contributed by atoms with E-state index in [2.05, 4.69) is 12.1 Å². The maximum Gasteiger partial charge on any atom is 0.115 e. The van der Waals surface area contributed by atoms with Crippen molar-refractivity contribution < 1.29 is 10.2 Å². The van der Waals surface area contributed by atoms with Gasteiger partial charge < -0.3 is 10.2 Å². The van der Waals surface area contributed by atoms with Gasteiger partial charge in [-0.3, -0.25) is 0 Å². The molecule has 5 rings (SSSR count). The molecule has 5 heteroatoms. The Morgan fingerprint density at radius 2 is 1.30 bits per heavy atom. The third kappa shape index (κ3) is 3.97. The molecule has 0 aliphatic heterocycles. The minimum absolute atomic E-state index is 0.201. The molecule has 0 spiro atoms. The number of hydrogen-bond donors (Lipinski definition) is 2. The van der Waals surface area contributed by atoms with Crippen LogP contribution in [0.15, 0.2) is 97.1 Å². The molecule has 4 nitrogen and oxygen atoms in total. The van der Waals surface area contributed by atoms with Gasteiger partial charge in [-0.05, 0) is 84.8 Å². The maximum absolute atomic E-state index is 9.90. The Kier molecular flexibility index (Phi) is 5.37. The van der Waals surface area contributed by atoms with Crippen LogP contribution in [0, 0.1) is 6.92 Å². The number of benzene rings is 4. The molecule has 0 fully saturated rings. The zero-order valence-corrected chi connectivity index (χ0v) is 18.7. The molecular weight excluding hydrogens is 432 g/mol. The monoisotopic (exact) mass is 452 g/mol. The molecule has 1 aromatic heterocycles. The fraction of sp³-hybridized carbons (Fsp3) is 0.0357. The Bertz CT molecular complexity index is 1420. The van der Waals surface area contributed by atoms with Gasteiger partial charge in [0.1, 0.15) is 17.2 Å². The Morgan fingerprint density at radius 3 is 1.91 bits per heavy atom. The van der Waals surface area contributed by atoms with E-state index in [4.69, 9.17) is 16.7 Å². The summed E-state index contributed by atoms with van der Waals surface area (Å²) in [6.45, 7) is 2.01. The van der Waals surface area contributed by atoms with E-state index in [-0.39, 0.29) is 11.5 Å². The molecule has 0 radical (unpaired) electrons. The molecule has 0 aliphatic carbocycles. The second-order valence-corrected chi connectivity index (χ2v) is 8.31. The Balaban J connectivity index is 1.89. The molecule has 0 bridgehead atoms. The Labute approximate surface area is 197 Å². The largest absolute Gasteiger partial charge is 0.508 e. The summed E-state index contributed by atoms with van der Waals surface area (Å²) in [5.74, 6) is 0.402. The van der Waals surface area contributed by atoms with Gasteiger partial charge in [0.15, 0.2) is 0 Å². The molecule has 4 aromatic carbocycles. The lowest BCUT2D eigenvalue weighted by atomic mass is 9.95. The molecule has 0 amide bonds. The van der Waals surface area contributed by atoms with Crippen molar-refractivity contribution in [3.8, 4) is 50.8 Å². The van der Waals surface area contributed by atoms with Crippen molar-refractivity contribution in [3.05, 3.63) is 108 Å². The molecule has 2 N–H and O–H groups in total. The molecule has 162 valence electrons. The zero-order valence-electron chi connectivity index (χ0n) is 17.9. The van der Waals surface area contributed by atoms with E-state index in [1.807, 2.05) is 72.3 Å². The van der Waals surface area contributed by atoms with Crippen molar-refractivity contribution in [1.29, 1.82) is 0 Å². The SMILES string of the molecule is Cc1cc(Cl)ccc1-n1nc(-c2ccc(O)cc2)c(-c2ccccc2)c1-c1ccc(O)cc1. The third-order valence-electron chi connectivity index (χ3n) is 5.62. The first-order chi connectivity index (χ1) is 16.0. The van der Waals surface area contributed by atoms with Crippen molar-refractivity contribution >= 4 is 11.6 Å². The van der Waals surface area contributed by atoms with Gasteiger partial charge in [-0.15, -0.1) is 0 Å². The maximum atomic E-state index is 9.90. The summed E-state index contributed by atoms with van der Waals surface area (Å²) in [4.78, 5) is 0. The average Bonchev–Trinajstić information content (AvgIpc) is 3.21. The highest BCUT2D eigenvalue weighted by atomic mass is 35.5. The van der Waals surface area contributed by atoms with Crippen LogP contribution in [0.2, 0.25) is 5.02 Å². The first kappa shape index (κ1) is 20.9. The smallest absolute Gasteiger partial charge is 0.115 e. The van der Waals surface area contributed by atoms with Crippen molar-refractivity contribution in [2.75, 3.05) is 0 Å². The van der Waals surface area contributed by atoms with Gasteiger partial charge in [0.05, 0.1) is 11.4 Å². The van der Waals surface area contributed by atoms with E-state index in [0.29, 0.717) is 5.02 Å². The van der Waals surface area contributed by atoms with Gasteiger partial charge >= 0.3 is 0 Å². The summed E-state index contributed by atoms with van der Waals surface area (Å²) in [7, 11) is 0. The summed E-state index contributed by atoms with van der Waals surface area (Å²) in [5, 5.41) is 25.5. The van der Waals surface area contributed by atoms with E-state index in [0.717, 1.165) is 44.9 Å². The molecule has 1 heterocycles. The predicted octanol–water partition coefficient (Wildman–Crippen LogP) is 7.25. The molecule has 0 aliphatic rings. The summed E-state index contributed by atoms with van der Waals surface area (Å²) < 4.78 is 1.93. The lowest BCUT2D eigenvalue weighted by Gasteiger charge is -2.13. The summed E-state index contributed by atoms with van der Waals surface area (Å²) in [6, 6.07) is 30.0. The second-order valence-electron chi connectivity index (χ2n) is 7.87.